The second kappa shape index (κ2) is 13.4. The fourth-order valence-electron chi connectivity index (χ4n) is 7.76. The lowest BCUT2D eigenvalue weighted by Gasteiger charge is -2.26. The third-order valence-corrected chi connectivity index (χ3v) is 10.5. The zero-order valence-corrected chi connectivity index (χ0v) is 29.6. The summed E-state index contributed by atoms with van der Waals surface area (Å²) in [6.45, 7) is 0. The fraction of sp³-hybridized carbons (Fsp3) is 0. The molecular formula is C52H35NO. The molecule has 2 heteroatoms. The van der Waals surface area contributed by atoms with Gasteiger partial charge >= 0.3 is 0 Å². The Labute approximate surface area is 314 Å². The van der Waals surface area contributed by atoms with E-state index in [1.54, 1.807) is 0 Å². The van der Waals surface area contributed by atoms with Gasteiger partial charge in [-0.3, -0.25) is 0 Å². The van der Waals surface area contributed by atoms with E-state index in [1.807, 2.05) is 0 Å². The monoisotopic (exact) mass is 689 g/mol. The van der Waals surface area contributed by atoms with Gasteiger partial charge in [0.05, 0.1) is 0 Å². The maximum Gasteiger partial charge on any atom is 0.143 e. The third-order valence-electron chi connectivity index (χ3n) is 10.5. The number of hydrogen-bond acceptors (Lipinski definition) is 2. The summed E-state index contributed by atoms with van der Waals surface area (Å²) < 4.78 is 6.82. The second-order valence-electron chi connectivity index (χ2n) is 13.7. The Morgan fingerprint density at radius 3 is 1.26 bits per heavy atom. The highest BCUT2D eigenvalue weighted by Crippen LogP contribution is 2.44. The largest absolute Gasteiger partial charge is 0.455 e. The van der Waals surface area contributed by atoms with E-state index >= 15 is 0 Å². The minimum atomic E-state index is 0.866. The molecule has 0 aliphatic carbocycles. The number of furan rings is 1. The van der Waals surface area contributed by atoms with E-state index in [9.17, 15) is 0 Å². The number of rotatable bonds is 7. The van der Waals surface area contributed by atoms with Gasteiger partial charge in [0, 0.05) is 33.4 Å². The van der Waals surface area contributed by atoms with E-state index < -0.39 is 0 Å². The number of benzene rings is 9. The Balaban J connectivity index is 1.12. The Hall–Kier alpha value is -7.16. The van der Waals surface area contributed by atoms with Crippen LogP contribution in [0.25, 0.3) is 77.2 Å². The molecule has 1 heterocycles. The zero-order chi connectivity index (χ0) is 35.8. The van der Waals surface area contributed by atoms with Crippen molar-refractivity contribution in [2.45, 2.75) is 0 Å². The van der Waals surface area contributed by atoms with E-state index in [1.165, 1.54) is 44.2 Å². The van der Waals surface area contributed by atoms with Crippen LogP contribution in [0.5, 0.6) is 0 Å². The van der Waals surface area contributed by atoms with Gasteiger partial charge in [-0.05, 0) is 98.2 Å². The van der Waals surface area contributed by atoms with Crippen LogP contribution in [0.2, 0.25) is 0 Å². The van der Waals surface area contributed by atoms with Crippen LogP contribution in [0.3, 0.4) is 0 Å². The molecule has 254 valence electrons. The van der Waals surface area contributed by atoms with E-state index in [4.69, 9.17) is 4.42 Å². The van der Waals surface area contributed by atoms with Crippen LogP contribution >= 0.6 is 0 Å². The maximum absolute atomic E-state index is 6.82. The van der Waals surface area contributed by atoms with Gasteiger partial charge < -0.3 is 9.32 Å². The average Bonchev–Trinajstić information content (AvgIpc) is 3.62. The Bertz CT molecular complexity index is 2790. The number of nitrogens with zero attached hydrogens (tertiary/aromatic N) is 1. The van der Waals surface area contributed by atoms with Crippen molar-refractivity contribution in [3.05, 3.63) is 212 Å². The molecule has 0 spiro atoms. The van der Waals surface area contributed by atoms with E-state index in [2.05, 4.69) is 217 Å². The van der Waals surface area contributed by atoms with Gasteiger partial charge in [0.2, 0.25) is 0 Å². The summed E-state index contributed by atoms with van der Waals surface area (Å²) in [5.74, 6) is 0. The molecule has 0 radical (unpaired) electrons. The first-order valence-corrected chi connectivity index (χ1v) is 18.4. The summed E-state index contributed by atoms with van der Waals surface area (Å²) in [5.41, 5.74) is 14.4. The Morgan fingerprint density at radius 1 is 0.296 bits per heavy atom. The highest BCUT2D eigenvalue weighted by atomic mass is 16.3. The summed E-state index contributed by atoms with van der Waals surface area (Å²) in [5, 5.41) is 4.55. The number of hydrogen-bond donors (Lipinski definition) is 0. The first-order valence-electron chi connectivity index (χ1n) is 18.4. The predicted octanol–water partition coefficient (Wildman–Crippen LogP) is 14.9. The molecule has 10 rings (SSSR count). The molecular weight excluding hydrogens is 655 g/mol. The highest BCUT2D eigenvalue weighted by molar-refractivity contribution is 6.18. The number of anilines is 3. The summed E-state index contributed by atoms with van der Waals surface area (Å²) in [6.07, 6.45) is 0. The number of fused-ring (bicyclic) bond motifs is 4. The topological polar surface area (TPSA) is 16.4 Å². The molecule has 0 aliphatic rings. The van der Waals surface area contributed by atoms with Crippen LogP contribution in [0.4, 0.5) is 17.1 Å². The smallest absolute Gasteiger partial charge is 0.143 e. The molecule has 0 amide bonds. The summed E-state index contributed by atoms with van der Waals surface area (Å²) in [4.78, 5) is 2.34. The van der Waals surface area contributed by atoms with Crippen molar-refractivity contribution in [3.63, 3.8) is 0 Å². The van der Waals surface area contributed by atoms with Crippen LogP contribution < -0.4 is 4.90 Å². The van der Waals surface area contributed by atoms with Crippen LogP contribution in [0.15, 0.2) is 217 Å². The highest BCUT2D eigenvalue weighted by Gasteiger charge is 2.20. The SMILES string of the molecule is c1ccc(-c2ccc(-c3c4ccccc4cc4c3oc3ccc(N(c5ccc(-c6ccccc6)cc5)c5ccc(-c6ccccc6)cc5)cc34)cc2)cc1. The molecule has 0 saturated heterocycles. The van der Waals surface area contributed by atoms with E-state index in [0.717, 1.165) is 50.1 Å². The van der Waals surface area contributed by atoms with Gasteiger partial charge in [-0.1, -0.05) is 164 Å². The van der Waals surface area contributed by atoms with Crippen molar-refractivity contribution in [2.24, 2.45) is 0 Å². The van der Waals surface area contributed by atoms with Crippen molar-refractivity contribution in [3.8, 4) is 44.5 Å². The average molecular weight is 690 g/mol. The molecule has 0 aliphatic heterocycles. The van der Waals surface area contributed by atoms with Gasteiger partial charge in [0.25, 0.3) is 0 Å². The third kappa shape index (κ3) is 5.71. The summed E-state index contributed by atoms with van der Waals surface area (Å²) in [6, 6.07) is 75.7. The predicted molar refractivity (Wildman–Crippen MR) is 228 cm³/mol. The minimum absolute atomic E-state index is 0.866. The molecule has 0 atom stereocenters. The molecule has 0 N–H and O–H groups in total. The normalized spacial score (nSPS) is 11.3. The maximum atomic E-state index is 6.82. The van der Waals surface area contributed by atoms with Crippen LogP contribution in [-0.2, 0) is 0 Å². The Morgan fingerprint density at radius 2 is 0.722 bits per heavy atom. The van der Waals surface area contributed by atoms with Crippen molar-refractivity contribution in [1.29, 1.82) is 0 Å². The van der Waals surface area contributed by atoms with Gasteiger partial charge in [-0.15, -0.1) is 0 Å². The van der Waals surface area contributed by atoms with Gasteiger partial charge in [-0.2, -0.15) is 0 Å². The summed E-state index contributed by atoms with van der Waals surface area (Å²) in [7, 11) is 0. The van der Waals surface area contributed by atoms with Crippen molar-refractivity contribution in [2.75, 3.05) is 4.90 Å². The summed E-state index contributed by atoms with van der Waals surface area (Å²) >= 11 is 0. The Kier molecular flexibility index (Phi) is 7.85. The molecule has 10 aromatic rings. The minimum Gasteiger partial charge on any atom is -0.455 e. The quantitative estimate of drug-likeness (QED) is 0.166. The standard InChI is InChI=1S/C52H35NO/c1-4-12-36(13-5-1)39-20-22-42(23-21-39)51-47-19-11-10-18-43(47)34-49-48-35-46(32-33-50(48)54-52(49)51)53(44-28-24-40(25-29-44)37-14-6-2-7-15-37)45-30-26-41(27-31-45)38-16-8-3-9-17-38/h1-35H. The molecule has 9 aromatic carbocycles. The van der Waals surface area contributed by atoms with E-state index in [0.29, 0.717) is 0 Å². The molecule has 0 fully saturated rings. The van der Waals surface area contributed by atoms with Crippen molar-refractivity contribution < 1.29 is 4.42 Å². The zero-order valence-electron chi connectivity index (χ0n) is 29.6. The van der Waals surface area contributed by atoms with Crippen molar-refractivity contribution >= 4 is 49.8 Å². The molecule has 0 saturated carbocycles. The molecule has 0 bridgehead atoms. The lowest BCUT2D eigenvalue weighted by atomic mass is 9.94. The van der Waals surface area contributed by atoms with E-state index in [-0.39, 0.29) is 0 Å². The van der Waals surface area contributed by atoms with Crippen LogP contribution in [0, 0.1) is 0 Å². The van der Waals surface area contributed by atoms with Gasteiger partial charge in [0.1, 0.15) is 11.2 Å². The van der Waals surface area contributed by atoms with Crippen molar-refractivity contribution in [1.82, 2.24) is 0 Å². The molecule has 54 heavy (non-hydrogen) atoms. The first kappa shape index (κ1) is 31.6. The molecule has 0 unspecified atom stereocenters. The fourth-order valence-corrected chi connectivity index (χ4v) is 7.76. The van der Waals surface area contributed by atoms with Gasteiger partial charge in [-0.25, -0.2) is 0 Å². The van der Waals surface area contributed by atoms with Crippen LogP contribution in [-0.4, -0.2) is 0 Å². The molecule has 2 nitrogen and oxygen atoms in total. The lowest BCUT2D eigenvalue weighted by molar-refractivity contribution is 0.670. The second-order valence-corrected chi connectivity index (χ2v) is 13.7. The van der Waals surface area contributed by atoms with Gasteiger partial charge in [0.15, 0.2) is 0 Å². The van der Waals surface area contributed by atoms with Crippen LogP contribution in [0.1, 0.15) is 0 Å². The lowest BCUT2D eigenvalue weighted by Crippen LogP contribution is -2.09. The first-order chi connectivity index (χ1) is 26.8. The molecule has 1 aromatic heterocycles.